The van der Waals surface area contributed by atoms with Crippen molar-refractivity contribution in [3.8, 4) is 11.6 Å². The van der Waals surface area contributed by atoms with Gasteiger partial charge in [0.2, 0.25) is 5.88 Å². The van der Waals surface area contributed by atoms with Crippen molar-refractivity contribution in [1.82, 2.24) is 9.97 Å². The van der Waals surface area contributed by atoms with Crippen LogP contribution in [0.5, 0.6) is 11.6 Å². The maximum Gasteiger partial charge on any atom is 0.224 e. The van der Waals surface area contributed by atoms with Gasteiger partial charge in [-0.3, -0.25) is 0 Å². The van der Waals surface area contributed by atoms with E-state index in [9.17, 15) is 0 Å². The van der Waals surface area contributed by atoms with Crippen LogP contribution >= 0.6 is 11.6 Å². The van der Waals surface area contributed by atoms with Gasteiger partial charge in [0.05, 0.1) is 0 Å². The minimum atomic E-state index is 0.468. The predicted molar refractivity (Wildman–Crippen MR) is 84.8 cm³/mol. The highest BCUT2D eigenvalue weighted by molar-refractivity contribution is 6.30. The molecule has 0 aliphatic carbocycles. The summed E-state index contributed by atoms with van der Waals surface area (Å²) in [5.74, 6) is 7.90. The molecule has 6 heteroatoms. The van der Waals surface area contributed by atoms with E-state index in [2.05, 4.69) is 22.3 Å². The van der Waals surface area contributed by atoms with Crippen LogP contribution < -0.4 is 16.0 Å². The van der Waals surface area contributed by atoms with E-state index >= 15 is 0 Å². The topological polar surface area (TPSA) is 73.1 Å². The summed E-state index contributed by atoms with van der Waals surface area (Å²) in [7, 11) is 0. The monoisotopic (exact) mass is 306 g/mol. The zero-order valence-corrected chi connectivity index (χ0v) is 13.2. The van der Waals surface area contributed by atoms with Crippen LogP contribution in [0.1, 0.15) is 30.3 Å². The molecule has 3 N–H and O–H groups in total. The molecule has 0 radical (unpaired) electrons. The van der Waals surface area contributed by atoms with Crippen molar-refractivity contribution in [1.29, 1.82) is 0 Å². The number of nitrogens with zero attached hydrogens (tertiary/aromatic N) is 2. The van der Waals surface area contributed by atoms with Gasteiger partial charge in [-0.1, -0.05) is 18.5 Å². The highest BCUT2D eigenvalue weighted by Crippen LogP contribution is 2.31. The molecular formula is C15H19ClN4O. The number of benzene rings is 1. The molecule has 1 aromatic carbocycles. The van der Waals surface area contributed by atoms with Gasteiger partial charge in [0.1, 0.15) is 17.4 Å². The zero-order chi connectivity index (χ0) is 15.4. The fourth-order valence-corrected chi connectivity index (χ4v) is 2.42. The lowest BCUT2D eigenvalue weighted by Gasteiger charge is -2.13. The van der Waals surface area contributed by atoms with Crippen molar-refractivity contribution >= 4 is 17.4 Å². The van der Waals surface area contributed by atoms with E-state index < -0.39 is 0 Å². The summed E-state index contributed by atoms with van der Waals surface area (Å²) in [6, 6.07) is 5.40. The van der Waals surface area contributed by atoms with Gasteiger partial charge in [0.25, 0.3) is 0 Å². The van der Waals surface area contributed by atoms with Crippen LogP contribution in [0.4, 0.5) is 5.82 Å². The Bertz CT molecular complexity index is 623. The normalized spacial score (nSPS) is 10.5. The van der Waals surface area contributed by atoms with Crippen LogP contribution in [0.3, 0.4) is 0 Å². The number of hydrazine groups is 1. The van der Waals surface area contributed by atoms with Crippen molar-refractivity contribution in [3.63, 3.8) is 0 Å². The number of hydrogen-bond acceptors (Lipinski definition) is 5. The Labute approximate surface area is 129 Å². The first-order valence-corrected chi connectivity index (χ1v) is 7.20. The number of nitrogens with one attached hydrogen (secondary N) is 1. The van der Waals surface area contributed by atoms with Crippen LogP contribution in [0, 0.1) is 13.8 Å². The number of ether oxygens (including phenoxy) is 1. The molecule has 0 bridgehead atoms. The lowest BCUT2D eigenvalue weighted by atomic mass is 10.1. The molecule has 2 rings (SSSR count). The summed E-state index contributed by atoms with van der Waals surface area (Å²) in [5.41, 5.74) is 4.45. The molecule has 0 saturated carbocycles. The molecule has 0 saturated heterocycles. The molecule has 0 atom stereocenters. The number of halogens is 1. The Balaban J connectivity index is 2.37. The molecule has 0 unspecified atom stereocenters. The Morgan fingerprint density at radius 3 is 2.43 bits per heavy atom. The standard InChI is InChI=1S/C15H19ClN4O/c1-4-5-12-18-13(20-17)8-14(19-12)21-15-9(2)6-11(16)7-10(15)3/h6-8H,4-5,17H2,1-3H3,(H,18,19,20). The lowest BCUT2D eigenvalue weighted by molar-refractivity contribution is 0.452. The van der Waals surface area contributed by atoms with Crippen molar-refractivity contribution in [3.05, 3.63) is 40.2 Å². The van der Waals surface area contributed by atoms with Gasteiger partial charge in [0, 0.05) is 17.5 Å². The number of aromatic nitrogens is 2. The van der Waals surface area contributed by atoms with Crippen molar-refractivity contribution in [2.75, 3.05) is 5.43 Å². The number of rotatable bonds is 5. The second kappa shape index (κ2) is 6.74. The highest BCUT2D eigenvalue weighted by atomic mass is 35.5. The van der Waals surface area contributed by atoms with Crippen molar-refractivity contribution in [2.24, 2.45) is 5.84 Å². The molecule has 5 nitrogen and oxygen atoms in total. The summed E-state index contributed by atoms with van der Waals surface area (Å²) in [5, 5.41) is 0.691. The third kappa shape index (κ3) is 3.83. The Morgan fingerprint density at radius 2 is 1.86 bits per heavy atom. The van der Waals surface area contributed by atoms with E-state index in [0.717, 1.165) is 29.7 Å². The molecule has 21 heavy (non-hydrogen) atoms. The van der Waals surface area contributed by atoms with E-state index in [0.29, 0.717) is 22.5 Å². The van der Waals surface area contributed by atoms with Crippen LogP contribution in [0.2, 0.25) is 5.02 Å². The molecule has 0 fully saturated rings. The number of nitrogens with two attached hydrogens (primary N) is 1. The van der Waals surface area contributed by atoms with E-state index in [1.54, 1.807) is 6.07 Å². The molecular weight excluding hydrogens is 288 g/mol. The number of anilines is 1. The molecule has 2 aromatic rings. The molecule has 1 aromatic heterocycles. The average Bonchev–Trinajstić information content (AvgIpc) is 2.43. The van der Waals surface area contributed by atoms with Gasteiger partial charge < -0.3 is 10.2 Å². The lowest BCUT2D eigenvalue weighted by Crippen LogP contribution is -2.11. The van der Waals surface area contributed by atoms with E-state index in [4.69, 9.17) is 22.2 Å². The molecule has 1 heterocycles. The van der Waals surface area contributed by atoms with Crippen molar-refractivity contribution in [2.45, 2.75) is 33.6 Å². The quantitative estimate of drug-likeness (QED) is 0.649. The molecule has 0 amide bonds. The second-order valence-corrected chi connectivity index (χ2v) is 5.31. The summed E-state index contributed by atoms with van der Waals surface area (Å²) < 4.78 is 5.92. The SMILES string of the molecule is CCCc1nc(NN)cc(Oc2c(C)cc(Cl)cc2C)n1. The van der Waals surface area contributed by atoms with Crippen LogP contribution in [0.25, 0.3) is 0 Å². The zero-order valence-electron chi connectivity index (χ0n) is 12.4. The molecule has 112 valence electrons. The third-order valence-corrected chi connectivity index (χ3v) is 3.22. The Kier molecular flexibility index (Phi) is 4.98. The largest absolute Gasteiger partial charge is 0.438 e. The van der Waals surface area contributed by atoms with Gasteiger partial charge in [0.15, 0.2) is 0 Å². The number of hydrogen-bond donors (Lipinski definition) is 2. The maximum absolute atomic E-state index is 6.03. The van der Waals surface area contributed by atoms with Crippen LogP contribution in [0.15, 0.2) is 18.2 Å². The van der Waals surface area contributed by atoms with Gasteiger partial charge in [-0.2, -0.15) is 4.98 Å². The Morgan fingerprint density at radius 1 is 1.19 bits per heavy atom. The van der Waals surface area contributed by atoms with Gasteiger partial charge in [-0.05, 0) is 43.5 Å². The maximum atomic E-state index is 6.03. The minimum absolute atomic E-state index is 0.468. The smallest absolute Gasteiger partial charge is 0.224 e. The fourth-order valence-electron chi connectivity index (χ4n) is 2.10. The Hall–Kier alpha value is -1.85. The first-order chi connectivity index (χ1) is 10.0. The van der Waals surface area contributed by atoms with E-state index in [1.807, 2.05) is 26.0 Å². The van der Waals surface area contributed by atoms with Crippen LogP contribution in [-0.4, -0.2) is 9.97 Å². The van der Waals surface area contributed by atoms with E-state index in [-0.39, 0.29) is 0 Å². The van der Waals surface area contributed by atoms with Crippen molar-refractivity contribution < 1.29 is 4.74 Å². The molecule has 0 spiro atoms. The summed E-state index contributed by atoms with van der Waals surface area (Å²) >= 11 is 6.03. The average molecular weight is 307 g/mol. The van der Waals surface area contributed by atoms with E-state index in [1.165, 1.54) is 0 Å². The van der Waals surface area contributed by atoms with Gasteiger partial charge in [-0.25, -0.2) is 10.8 Å². The van der Waals surface area contributed by atoms with Gasteiger partial charge >= 0.3 is 0 Å². The number of aryl methyl sites for hydroxylation is 3. The molecule has 0 aliphatic heterocycles. The highest BCUT2D eigenvalue weighted by Gasteiger charge is 2.10. The minimum Gasteiger partial charge on any atom is -0.438 e. The second-order valence-electron chi connectivity index (χ2n) is 4.87. The first kappa shape index (κ1) is 15.5. The number of nitrogen functional groups attached to an aromatic ring is 1. The third-order valence-electron chi connectivity index (χ3n) is 3.00. The predicted octanol–water partition coefficient (Wildman–Crippen LogP) is 3.78. The summed E-state index contributed by atoms with van der Waals surface area (Å²) in [6.07, 6.45) is 1.72. The summed E-state index contributed by atoms with van der Waals surface area (Å²) in [6.45, 7) is 5.97. The molecule has 0 aliphatic rings. The van der Waals surface area contributed by atoms with Gasteiger partial charge in [-0.15, -0.1) is 0 Å². The fraction of sp³-hybridized carbons (Fsp3) is 0.333. The first-order valence-electron chi connectivity index (χ1n) is 6.82. The van der Waals surface area contributed by atoms with Crippen LogP contribution in [-0.2, 0) is 6.42 Å². The summed E-state index contributed by atoms with van der Waals surface area (Å²) in [4.78, 5) is 8.70.